The minimum atomic E-state index is -0.705. The Kier molecular flexibility index (Phi) is 7.60. The van der Waals surface area contributed by atoms with Crippen LogP contribution >= 0.6 is 0 Å². The minimum absolute atomic E-state index is 0.320. The second kappa shape index (κ2) is 9.55. The molecule has 0 unspecified atom stereocenters. The molecule has 1 aromatic carbocycles. The van der Waals surface area contributed by atoms with Gasteiger partial charge in [0, 0.05) is 0 Å². The Hall–Kier alpha value is -2.34. The Morgan fingerprint density at radius 3 is 2.57 bits per heavy atom. The number of benzene rings is 1. The number of nitrogens with one attached hydrogen (secondary N) is 2. The molecule has 0 bridgehead atoms. The van der Waals surface area contributed by atoms with Crippen LogP contribution in [0.5, 0.6) is 0 Å². The normalized spacial score (nSPS) is 10.9. The summed E-state index contributed by atoms with van der Waals surface area (Å²) in [6, 6.07) is 9.03. The van der Waals surface area contributed by atoms with Crippen LogP contribution in [-0.4, -0.2) is 25.7 Å². The number of urea groups is 1. The van der Waals surface area contributed by atoms with Crippen molar-refractivity contribution in [3.8, 4) is 0 Å². The zero-order valence-electron chi connectivity index (χ0n) is 12.2. The number of imide groups is 1. The fraction of sp³-hybridized carbons (Fsp3) is 0.333. The Labute approximate surface area is 124 Å². The molecular weight excluding hydrogens is 272 g/mol. The van der Waals surface area contributed by atoms with Gasteiger partial charge in [-0.25, -0.2) is 10.3 Å². The largest absolute Gasteiger partial charge is 0.504 e. The maximum Gasteiger partial charge on any atom is 0.345 e. The third-order valence-electron chi connectivity index (χ3n) is 2.66. The smallest absolute Gasteiger partial charge is 0.345 e. The number of hydrogen-bond donors (Lipinski definition) is 2. The molecule has 0 radical (unpaired) electrons. The highest BCUT2D eigenvalue weighted by molar-refractivity contribution is 6.03. The number of amides is 3. The van der Waals surface area contributed by atoms with Crippen LogP contribution in [0.1, 0.15) is 18.9 Å². The number of carbonyl (C=O) groups is 2. The zero-order chi connectivity index (χ0) is 15.5. The Balaban J connectivity index is 2.25. The lowest BCUT2D eigenvalue weighted by Gasteiger charge is -2.08. The molecule has 6 heteroatoms. The second-order valence-corrected chi connectivity index (χ2v) is 4.20. The van der Waals surface area contributed by atoms with E-state index in [0.717, 1.165) is 5.56 Å². The van der Waals surface area contributed by atoms with E-state index in [4.69, 9.17) is 9.57 Å². The summed E-state index contributed by atoms with van der Waals surface area (Å²) in [5.74, 6) is -0.511. The van der Waals surface area contributed by atoms with Crippen molar-refractivity contribution in [2.45, 2.75) is 19.8 Å². The topological polar surface area (TPSA) is 76.7 Å². The van der Waals surface area contributed by atoms with E-state index in [9.17, 15) is 9.59 Å². The van der Waals surface area contributed by atoms with Crippen LogP contribution in [0.2, 0.25) is 0 Å². The number of carbonyl (C=O) groups excluding carboxylic acids is 2. The number of ether oxygens (including phenoxy) is 1. The van der Waals surface area contributed by atoms with E-state index >= 15 is 0 Å². The fourth-order valence-electron chi connectivity index (χ4n) is 1.58. The van der Waals surface area contributed by atoms with Gasteiger partial charge in [-0.3, -0.25) is 14.9 Å². The summed E-state index contributed by atoms with van der Waals surface area (Å²) in [4.78, 5) is 28.1. The van der Waals surface area contributed by atoms with Crippen molar-refractivity contribution >= 4 is 11.9 Å². The quantitative estimate of drug-likeness (QED) is 0.348. The van der Waals surface area contributed by atoms with Gasteiger partial charge < -0.3 is 4.74 Å². The van der Waals surface area contributed by atoms with E-state index < -0.39 is 11.9 Å². The average Bonchev–Trinajstić information content (AvgIpc) is 2.50. The van der Waals surface area contributed by atoms with Gasteiger partial charge in [-0.2, -0.15) is 0 Å². The molecule has 0 fully saturated rings. The third-order valence-corrected chi connectivity index (χ3v) is 2.66. The predicted molar refractivity (Wildman–Crippen MR) is 78.2 cm³/mol. The molecule has 2 N–H and O–H groups in total. The molecule has 0 heterocycles. The molecule has 0 saturated heterocycles. The summed E-state index contributed by atoms with van der Waals surface area (Å²) in [5, 5.41) is 2.15. The molecule has 0 aliphatic rings. The molecule has 0 aliphatic heterocycles. The van der Waals surface area contributed by atoms with Crippen molar-refractivity contribution in [1.82, 2.24) is 10.8 Å². The van der Waals surface area contributed by atoms with E-state index in [1.165, 1.54) is 13.4 Å². The van der Waals surface area contributed by atoms with E-state index in [1.54, 1.807) is 6.92 Å². The van der Waals surface area contributed by atoms with Crippen LogP contribution in [0.25, 0.3) is 0 Å². The summed E-state index contributed by atoms with van der Waals surface area (Å²) in [5.41, 5.74) is 3.64. The maximum atomic E-state index is 11.7. The predicted octanol–water partition coefficient (Wildman–Crippen LogP) is 1.93. The summed E-state index contributed by atoms with van der Waals surface area (Å²) < 4.78 is 4.76. The number of hydrogen-bond acceptors (Lipinski definition) is 4. The van der Waals surface area contributed by atoms with Gasteiger partial charge in [0.05, 0.1) is 25.6 Å². The van der Waals surface area contributed by atoms with Gasteiger partial charge in [-0.05, 0) is 18.4 Å². The van der Waals surface area contributed by atoms with Crippen LogP contribution < -0.4 is 10.8 Å². The van der Waals surface area contributed by atoms with Gasteiger partial charge in [0.15, 0.2) is 0 Å². The number of hydroxylamine groups is 1. The van der Waals surface area contributed by atoms with Gasteiger partial charge in [-0.1, -0.05) is 37.3 Å². The summed E-state index contributed by atoms with van der Waals surface area (Å²) >= 11 is 0. The highest BCUT2D eigenvalue weighted by Gasteiger charge is 2.11. The molecule has 114 valence electrons. The molecule has 0 aliphatic carbocycles. The lowest BCUT2D eigenvalue weighted by atomic mass is 10.2. The van der Waals surface area contributed by atoms with Gasteiger partial charge in [0.2, 0.25) is 0 Å². The first-order valence-corrected chi connectivity index (χ1v) is 6.66. The summed E-state index contributed by atoms with van der Waals surface area (Å²) in [7, 11) is 1.44. The van der Waals surface area contributed by atoms with Crippen molar-refractivity contribution in [2.75, 3.05) is 13.7 Å². The molecular formula is C15H20N2O4. The van der Waals surface area contributed by atoms with Crippen LogP contribution in [-0.2, 0) is 20.8 Å². The second-order valence-electron chi connectivity index (χ2n) is 4.20. The van der Waals surface area contributed by atoms with Crippen LogP contribution in [0.15, 0.2) is 42.2 Å². The standard InChI is InChI=1S/C15H20N2O4/c1-3-13(11-20-2)14(18)16-15(19)17-21-10-9-12-7-5-4-6-8-12/h4-8,11H,3,9-10H2,1-2H3,(H2,16,17,18,19)/b13-11+. The number of methoxy groups -OCH3 is 1. The lowest BCUT2D eigenvalue weighted by molar-refractivity contribution is -0.117. The summed E-state index contributed by atoms with van der Waals surface area (Å²) in [6.45, 7) is 2.11. The Bertz CT molecular complexity index is 486. The molecule has 21 heavy (non-hydrogen) atoms. The highest BCUT2D eigenvalue weighted by atomic mass is 16.7. The van der Waals surface area contributed by atoms with E-state index in [-0.39, 0.29) is 0 Å². The van der Waals surface area contributed by atoms with E-state index in [0.29, 0.717) is 25.0 Å². The number of rotatable bonds is 7. The molecule has 0 saturated carbocycles. The zero-order valence-corrected chi connectivity index (χ0v) is 12.2. The van der Waals surface area contributed by atoms with Crippen molar-refractivity contribution in [2.24, 2.45) is 0 Å². The Morgan fingerprint density at radius 2 is 1.95 bits per heavy atom. The van der Waals surface area contributed by atoms with Crippen molar-refractivity contribution in [1.29, 1.82) is 0 Å². The molecule has 1 aromatic rings. The molecule has 0 aromatic heterocycles. The molecule has 0 atom stereocenters. The van der Waals surface area contributed by atoms with E-state index in [1.807, 2.05) is 30.3 Å². The molecule has 3 amide bonds. The van der Waals surface area contributed by atoms with Gasteiger partial charge in [0.1, 0.15) is 0 Å². The lowest BCUT2D eigenvalue weighted by Crippen LogP contribution is -2.40. The van der Waals surface area contributed by atoms with Crippen molar-refractivity contribution < 1.29 is 19.2 Å². The first kappa shape index (κ1) is 16.7. The first-order chi connectivity index (χ1) is 10.2. The first-order valence-electron chi connectivity index (χ1n) is 6.66. The van der Waals surface area contributed by atoms with Gasteiger partial charge in [0.25, 0.3) is 5.91 Å². The van der Waals surface area contributed by atoms with Crippen LogP contribution in [0, 0.1) is 0 Å². The molecule has 0 spiro atoms. The van der Waals surface area contributed by atoms with Gasteiger partial charge in [-0.15, -0.1) is 0 Å². The summed E-state index contributed by atoms with van der Waals surface area (Å²) in [6.07, 6.45) is 2.43. The third kappa shape index (κ3) is 6.58. The maximum absolute atomic E-state index is 11.7. The SMILES string of the molecule is CC/C(=C\OC)C(=O)NC(=O)NOCCc1ccccc1. The van der Waals surface area contributed by atoms with E-state index in [2.05, 4.69) is 10.8 Å². The fourth-order valence-corrected chi connectivity index (χ4v) is 1.58. The van der Waals surface area contributed by atoms with Gasteiger partial charge >= 0.3 is 6.03 Å². The highest BCUT2D eigenvalue weighted by Crippen LogP contribution is 2.00. The minimum Gasteiger partial charge on any atom is -0.504 e. The Morgan fingerprint density at radius 1 is 1.24 bits per heavy atom. The van der Waals surface area contributed by atoms with Crippen LogP contribution in [0.4, 0.5) is 4.79 Å². The van der Waals surface area contributed by atoms with Crippen molar-refractivity contribution in [3.63, 3.8) is 0 Å². The monoisotopic (exact) mass is 292 g/mol. The molecule has 6 nitrogen and oxygen atoms in total. The average molecular weight is 292 g/mol. The molecule has 1 rings (SSSR count). The van der Waals surface area contributed by atoms with Crippen LogP contribution in [0.3, 0.4) is 0 Å². The van der Waals surface area contributed by atoms with Crippen molar-refractivity contribution in [3.05, 3.63) is 47.7 Å².